The van der Waals surface area contributed by atoms with Crippen LogP contribution in [0.4, 0.5) is 5.69 Å². The van der Waals surface area contributed by atoms with E-state index in [0.717, 1.165) is 0 Å². The van der Waals surface area contributed by atoms with E-state index in [-0.39, 0.29) is 12.5 Å². The van der Waals surface area contributed by atoms with Crippen LogP contribution in [0.3, 0.4) is 0 Å². The number of para-hydroxylation sites is 2. The predicted octanol–water partition coefficient (Wildman–Crippen LogP) is 0.219. The van der Waals surface area contributed by atoms with Crippen LogP contribution in [0, 0.1) is 0 Å². The van der Waals surface area contributed by atoms with Gasteiger partial charge in [-0.25, -0.2) is 0 Å². The van der Waals surface area contributed by atoms with Gasteiger partial charge in [0.15, 0.2) is 0 Å². The van der Waals surface area contributed by atoms with Crippen molar-refractivity contribution >= 4 is 11.6 Å². The number of benzene rings is 1. The number of rotatable bonds is 5. The number of piperazine rings is 1. The van der Waals surface area contributed by atoms with Gasteiger partial charge in [-0.3, -0.25) is 9.69 Å². The number of nitrogens with one attached hydrogen (secondary N) is 1. The second-order valence-corrected chi connectivity index (χ2v) is 5.76. The molecule has 1 aliphatic heterocycles. The van der Waals surface area contributed by atoms with Crippen molar-refractivity contribution < 1.29 is 14.6 Å². The normalized spacial score (nSPS) is 19.9. The summed E-state index contributed by atoms with van der Waals surface area (Å²) >= 11 is 0. The first-order valence-corrected chi connectivity index (χ1v) is 7.10. The third kappa shape index (κ3) is 3.65. The van der Waals surface area contributed by atoms with E-state index < -0.39 is 11.6 Å². The van der Waals surface area contributed by atoms with Gasteiger partial charge in [0.2, 0.25) is 5.91 Å². The van der Waals surface area contributed by atoms with Gasteiger partial charge >= 0.3 is 0 Å². The Hall–Kier alpha value is -1.79. The van der Waals surface area contributed by atoms with Crippen molar-refractivity contribution in [2.75, 3.05) is 32.0 Å². The number of ether oxygens (including phenoxy) is 1. The van der Waals surface area contributed by atoms with Crippen molar-refractivity contribution in [1.82, 2.24) is 10.2 Å². The molecule has 1 unspecified atom stereocenters. The van der Waals surface area contributed by atoms with E-state index in [1.807, 2.05) is 30.9 Å². The molecule has 1 aromatic rings. The van der Waals surface area contributed by atoms with Crippen LogP contribution in [0.5, 0.6) is 5.75 Å². The lowest BCUT2D eigenvalue weighted by molar-refractivity contribution is -0.136. The summed E-state index contributed by atoms with van der Waals surface area (Å²) in [7, 11) is 0. The Balaban J connectivity index is 1.88. The van der Waals surface area contributed by atoms with Crippen LogP contribution in [-0.4, -0.2) is 53.8 Å². The molecule has 1 aliphatic rings. The minimum absolute atomic E-state index is 0.0193. The van der Waals surface area contributed by atoms with Gasteiger partial charge in [-0.15, -0.1) is 0 Å². The number of aliphatic hydroxyl groups excluding tert-OH is 1. The molecule has 0 aliphatic carbocycles. The number of carbonyl (C=O) groups excluding carboxylic acids is 1. The molecule has 6 heteroatoms. The maximum Gasteiger partial charge on any atom is 0.240 e. The zero-order valence-electron chi connectivity index (χ0n) is 12.5. The molecule has 0 saturated carbocycles. The van der Waals surface area contributed by atoms with Gasteiger partial charge in [0.25, 0.3) is 0 Å². The molecule has 21 heavy (non-hydrogen) atoms. The molecule has 0 bridgehead atoms. The number of hydrogen-bond donors (Lipinski definition) is 3. The Morgan fingerprint density at radius 2 is 2.19 bits per heavy atom. The lowest BCUT2D eigenvalue weighted by atomic mass is 9.98. The van der Waals surface area contributed by atoms with Crippen molar-refractivity contribution in [2.45, 2.75) is 25.5 Å². The summed E-state index contributed by atoms with van der Waals surface area (Å²) in [5.74, 6) is 0.543. The summed E-state index contributed by atoms with van der Waals surface area (Å²) in [6, 6.07) is 7.17. The third-order valence-corrected chi connectivity index (χ3v) is 3.79. The fourth-order valence-electron chi connectivity index (χ4n) is 2.37. The molecule has 1 amide bonds. The highest BCUT2D eigenvalue weighted by molar-refractivity contribution is 5.86. The third-order valence-electron chi connectivity index (χ3n) is 3.79. The Morgan fingerprint density at radius 1 is 1.48 bits per heavy atom. The van der Waals surface area contributed by atoms with E-state index in [9.17, 15) is 9.90 Å². The monoisotopic (exact) mass is 293 g/mol. The summed E-state index contributed by atoms with van der Waals surface area (Å²) in [5.41, 5.74) is 5.71. The second-order valence-electron chi connectivity index (χ2n) is 5.76. The molecule has 0 aromatic heterocycles. The number of amides is 1. The quantitative estimate of drug-likeness (QED) is 0.676. The van der Waals surface area contributed by atoms with Gasteiger partial charge in [-0.2, -0.15) is 0 Å². The number of nitrogen functional groups attached to an aromatic ring is 1. The second kappa shape index (κ2) is 6.32. The highest BCUT2D eigenvalue weighted by atomic mass is 16.5. The van der Waals surface area contributed by atoms with Gasteiger partial charge in [-0.05, 0) is 26.0 Å². The fourth-order valence-corrected chi connectivity index (χ4v) is 2.37. The summed E-state index contributed by atoms with van der Waals surface area (Å²) in [6.07, 6.45) is -0.685. The molecule has 6 nitrogen and oxygen atoms in total. The lowest BCUT2D eigenvalue weighted by Crippen LogP contribution is -2.63. The minimum Gasteiger partial charge on any atom is -0.489 e. The molecule has 0 spiro atoms. The number of carbonyl (C=O) groups is 1. The van der Waals surface area contributed by atoms with E-state index in [1.165, 1.54) is 0 Å². The summed E-state index contributed by atoms with van der Waals surface area (Å²) < 4.78 is 5.53. The summed E-state index contributed by atoms with van der Waals surface area (Å²) in [5, 5.41) is 13.0. The zero-order chi connectivity index (χ0) is 15.5. The molecule has 1 fully saturated rings. The topological polar surface area (TPSA) is 87.8 Å². The van der Waals surface area contributed by atoms with E-state index in [1.54, 1.807) is 12.1 Å². The predicted molar refractivity (Wildman–Crippen MR) is 81.0 cm³/mol. The zero-order valence-corrected chi connectivity index (χ0v) is 12.5. The highest BCUT2D eigenvalue weighted by Crippen LogP contribution is 2.21. The standard InChI is InChI=1S/C15H23N3O3/c1-15(2)14(20)17-7-8-18(15)9-11(19)10-21-13-6-4-3-5-12(13)16/h3-6,11,19H,7-10,16H2,1-2H3,(H,17,20). The maximum atomic E-state index is 11.8. The van der Waals surface area contributed by atoms with Gasteiger partial charge in [0, 0.05) is 19.6 Å². The average Bonchev–Trinajstić information content (AvgIpc) is 2.43. The summed E-state index contributed by atoms with van der Waals surface area (Å²) in [6.45, 7) is 5.54. The molecule has 1 aromatic carbocycles. The van der Waals surface area contributed by atoms with Crippen LogP contribution < -0.4 is 15.8 Å². The lowest BCUT2D eigenvalue weighted by Gasteiger charge is -2.41. The first kappa shape index (κ1) is 15.6. The highest BCUT2D eigenvalue weighted by Gasteiger charge is 2.38. The molecule has 0 radical (unpaired) electrons. The Labute approximate surface area is 124 Å². The fraction of sp³-hybridized carbons (Fsp3) is 0.533. The average molecular weight is 293 g/mol. The molecule has 1 saturated heterocycles. The van der Waals surface area contributed by atoms with Crippen LogP contribution in [0.1, 0.15) is 13.8 Å². The number of hydrogen-bond acceptors (Lipinski definition) is 5. The van der Waals surface area contributed by atoms with Gasteiger partial charge < -0.3 is 20.9 Å². The van der Waals surface area contributed by atoms with Crippen molar-refractivity contribution in [2.24, 2.45) is 0 Å². The Bertz CT molecular complexity index is 505. The SMILES string of the molecule is CC1(C)C(=O)NCCN1CC(O)COc1ccccc1N. The molecular weight excluding hydrogens is 270 g/mol. The first-order chi connectivity index (χ1) is 9.91. The molecule has 4 N–H and O–H groups in total. The van der Waals surface area contributed by atoms with Crippen molar-refractivity contribution in [1.29, 1.82) is 0 Å². The molecular formula is C15H23N3O3. The number of nitrogens with zero attached hydrogens (tertiary/aromatic N) is 1. The van der Waals surface area contributed by atoms with E-state index in [4.69, 9.17) is 10.5 Å². The van der Waals surface area contributed by atoms with E-state index in [2.05, 4.69) is 5.32 Å². The number of β-amino-alcohol motifs (C(OH)–C–C–N with tert-alkyl or cyclic N) is 1. The van der Waals surface area contributed by atoms with Crippen molar-refractivity contribution in [3.8, 4) is 5.75 Å². The Morgan fingerprint density at radius 3 is 2.90 bits per heavy atom. The maximum absolute atomic E-state index is 11.8. The number of nitrogens with two attached hydrogens (primary N) is 1. The summed E-state index contributed by atoms with van der Waals surface area (Å²) in [4.78, 5) is 13.8. The Kier molecular flexibility index (Phi) is 4.69. The number of aliphatic hydroxyl groups is 1. The van der Waals surface area contributed by atoms with Gasteiger partial charge in [-0.1, -0.05) is 12.1 Å². The minimum atomic E-state index is -0.685. The number of anilines is 1. The molecule has 116 valence electrons. The van der Waals surface area contributed by atoms with E-state index in [0.29, 0.717) is 31.1 Å². The van der Waals surface area contributed by atoms with Crippen molar-refractivity contribution in [3.63, 3.8) is 0 Å². The molecule has 1 heterocycles. The molecule has 1 atom stereocenters. The van der Waals surface area contributed by atoms with Crippen LogP contribution >= 0.6 is 0 Å². The van der Waals surface area contributed by atoms with Crippen molar-refractivity contribution in [3.05, 3.63) is 24.3 Å². The van der Waals surface area contributed by atoms with Crippen LogP contribution in [0.25, 0.3) is 0 Å². The first-order valence-electron chi connectivity index (χ1n) is 7.10. The van der Waals surface area contributed by atoms with Gasteiger partial charge in [0.1, 0.15) is 18.5 Å². The van der Waals surface area contributed by atoms with Crippen LogP contribution in [0.2, 0.25) is 0 Å². The molecule has 2 rings (SSSR count). The largest absolute Gasteiger partial charge is 0.489 e. The van der Waals surface area contributed by atoms with Crippen LogP contribution in [-0.2, 0) is 4.79 Å². The van der Waals surface area contributed by atoms with Crippen LogP contribution in [0.15, 0.2) is 24.3 Å². The smallest absolute Gasteiger partial charge is 0.240 e. The van der Waals surface area contributed by atoms with E-state index >= 15 is 0 Å². The van der Waals surface area contributed by atoms with Gasteiger partial charge in [0.05, 0.1) is 11.2 Å².